The number of anilines is 2. The summed E-state index contributed by atoms with van der Waals surface area (Å²) in [7, 11) is 1.93. The van der Waals surface area contributed by atoms with Crippen molar-refractivity contribution in [2.24, 2.45) is 7.05 Å². The van der Waals surface area contributed by atoms with E-state index in [0.717, 1.165) is 37.1 Å². The molecule has 0 amide bonds. The lowest BCUT2D eigenvalue weighted by Gasteiger charge is -2.18. The first-order valence-electron chi connectivity index (χ1n) is 11.8. The molecule has 9 heteroatoms. The summed E-state index contributed by atoms with van der Waals surface area (Å²) in [5.74, 6) is 1.12. The number of pyridine rings is 2. The lowest BCUT2D eigenvalue weighted by molar-refractivity contribution is 0.584. The highest BCUT2D eigenvalue weighted by molar-refractivity contribution is 5.86. The van der Waals surface area contributed by atoms with Crippen LogP contribution in [0.25, 0.3) is 22.4 Å². The van der Waals surface area contributed by atoms with Crippen molar-refractivity contribution in [2.75, 3.05) is 11.1 Å². The van der Waals surface area contributed by atoms with Gasteiger partial charge in [0.15, 0.2) is 5.82 Å². The summed E-state index contributed by atoms with van der Waals surface area (Å²) in [4.78, 5) is 31.5. The minimum absolute atomic E-state index is 0.287. The van der Waals surface area contributed by atoms with E-state index < -0.39 is 0 Å². The molecular weight excluding hydrogens is 428 g/mol. The Morgan fingerprint density at radius 3 is 2.35 bits per heavy atom. The Morgan fingerprint density at radius 2 is 1.82 bits per heavy atom. The molecule has 4 aromatic heterocycles. The Kier molecular flexibility index (Phi) is 10.7. The Bertz CT molecular complexity index is 1180. The summed E-state index contributed by atoms with van der Waals surface area (Å²) in [6, 6.07) is 9.47. The normalized spacial score (nSPS) is 10.3. The van der Waals surface area contributed by atoms with Crippen LogP contribution in [0.1, 0.15) is 53.4 Å². The number of hydrogen-bond donors (Lipinski definition) is 3. The second kappa shape index (κ2) is 13.7. The van der Waals surface area contributed by atoms with Crippen molar-refractivity contribution in [1.82, 2.24) is 29.5 Å². The van der Waals surface area contributed by atoms with Gasteiger partial charge in [-0.15, -0.1) is 0 Å². The average molecular weight is 465 g/mol. The zero-order valence-electron chi connectivity index (χ0n) is 20.7. The van der Waals surface area contributed by atoms with Gasteiger partial charge in [0.1, 0.15) is 11.3 Å². The fraction of sp³-hybridized carbons (Fsp3) is 0.400. The van der Waals surface area contributed by atoms with Gasteiger partial charge in [-0.25, -0.2) is 19.7 Å². The molecule has 0 radical (unpaired) electrons. The van der Waals surface area contributed by atoms with E-state index in [2.05, 4.69) is 39.1 Å². The maximum atomic E-state index is 11.9. The highest BCUT2D eigenvalue weighted by Gasteiger charge is 2.14. The Balaban J connectivity index is 0.000000384. The minimum Gasteiger partial charge on any atom is -0.384 e. The molecule has 4 aromatic rings. The second-order valence-electron chi connectivity index (χ2n) is 7.55. The molecule has 0 atom stereocenters. The van der Waals surface area contributed by atoms with Crippen LogP contribution in [0, 0.1) is 0 Å². The Labute approximate surface area is 200 Å². The SMILES string of the molecule is CC.CCCC(CCC)Nc1nc(=O)[nH]c2ccc(-c3cncn3C)nc12.Nc1ccccn1. The maximum Gasteiger partial charge on any atom is 0.347 e. The van der Waals surface area contributed by atoms with E-state index in [-0.39, 0.29) is 11.7 Å². The molecule has 0 aliphatic heterocycles. The van der Waals surface area contributed by atoms with E-state index >= 15 is 0 Å². The first-order valence-corrected chi connectivity index (χ1v) is 11.8. The molecule has 0 spiro atoms. The van der Waals surface area contributed by atoms with E-state index in [1.54, 1.807) is 24.8 Å². The van der Waals surface area contributed by atoms with E-state index in [1.165, 1.54) is 0 Å². The highest BCUT2D eigenvalue weighted by Crippen LogP contribution is 2.23. The summed E-state index contributed by atoms with van der Waals surface area (Å²) in [6.45, 7) is 8.32. The number of aromatic amines is 1. The molecule has 182 valence electrons. The smallest absolute Gasteiger partial charge is 0.347 e. The lowest BCUT2D eigenvalue weighted by Crippen LogP contribution is -2.23. The number of aryl methyl sites for hydroxylation is 1. The van der Waals surface area contributed by atoms with E-state index in [9.17, 15) is 4.79 Å². The Hall–Kier alpha value is -3.75. The predicted octanol–water partition coefficient (Wildman–Crippen LogP) is 4.79. The summed E-state index contributed by atoms with van der Waals surface area (Å²) in [5.41, 5.74) is 7.95. The van der Waals surface area contributed by atoms with Gasteiger partial charge in [-0.1, -0.05) is 46.6 Å². The molecule has 0 saturated heterocycles. The molecular formula is C25H36N8O. The number of H-pyrrole nitrogens is 1. The van der Waals surface area contributed by atoms with Crippen LogP contribution >= 0.6 is 0 Å². The standard InChI is InChI=1S/C18H24N6O.C5H6N2.C2H6/c1-4-6-12(7-5-2)20-17-16-14(22-18(25)23-17)9-8-13(21-16)15-10-19-11-24(15)3;6-5-3-1-2-4-7-5;1-2/h8-12H,4-7H2,1-3H3,(H2,20,22,23,25);1-4H,(H2,6,7);1-2H3. The first kappa shape index (κ1) is 26.5. The minimum atomic E-state index is -0.364. The average Bonchev–Trinajstić information content (AvgIpc) is 3.27. The third kappa shape index (κ3) is 7.40. The Morgan fingerprint density at radius 1 is 1.09 bits per heavy atom. The predicted molar refractivity (Wildman–Crippen MR) is 140 cm³/mol. The highest BCUT2D eigenvalue weighted by atomic mass is 16.1. The van der Waals surface area contributed by atoms with Crippen LogP contribution in [0.15, 0.2) is 53.8 Å². The van der Waals surface area contributed by atoms with Crippen LogP contribution in [-0.4, -0.2) is 35.5 Å². The second-order valence-corrected chi connectivity index (χ2v) is 7.55. The van der Waals surface area contributed by atoms with Gasteiger partial charge in [0.05, 0.1) is 29.4 Å². The van der Waals surface area contributed by atoms with Crippen molar-refractivity contribution in [3.63, 3.8) is 0 Å². The van der Waals surface area contributed by atoms with Crippen molar-refractivity contribution >= 4 is 22.7 Å². The number of rotatable bonds is 7. The van der Waals surface area contributed by atoms with Gasteiger partial charge in [-0.05, 0) is 37.1 Å². The van der Waals surface area contributed by atoms with Crippen LogP contribution < -0.4 is 16.7 Å². The first-order chi connectivity index (χ1) is 16.5. The van der Waals surface area contributed by atoms with Crippen LogP contribution in [0.3, 0.4) is 0 Å². The molecule has 9 nitrogen and oxygen atoms in total. The van der Waals surface area contributed by atoms with Gasteiger partial charge >= 0.3 is 5.69 Å². The summed E-state index contributed by atoms with van der Waals surface area (Å²) in [6.07, 6.45) is 9.39. The molecule has 0 fully saturated rings. The number of nitrogens with one attached hydrogen (secondary N) is 2. The number of aromatic nitrogens is 6. The van der Waals surface area contributed by atoms with Gasteiger partial charge in [0, 0.05) is 19.3 Å². The van der Waals surface area contributed by atoms with Gasteiger partial charge in [-0.3, -0.25) is 0 Å². The van der Waals surface area contributed by atoms with Gasteiger partial charge < -0.3 is 20.6 Å². The molecule has 0 aromatic carbocycles. The number of nitrogens with two attached hydrogens (primary N) is 1. The quantitative estimate of drug-likeness (QED) is 0.359. The van der Waals surface area contributed by atoms with Crippen molar-refractivity contribution in [2.45, 2.75) is 59.4 Å². The topological polar surface area (TPSA) is 127 Å². The largest absolute Gasteiger partial charge is 0.384 e. The fourth-order valence-electron chi connectivity index (χ4n) is 3.44. The van der Waals surface area contributed by atoms with Crippen molar-refractivity contribution in [1.29, 1.82) is 0 Å². The van der Waals surface area contributed by atoms with Crippen LogP contribution in [-0.2, 0) is 7.05 Å². The fourth-order valence-corrected chi connectivity index (χ4v) is 3.44. The molecule has 0 bridgehead atoms. The third-order valence-electron chi connectivity index (χ3n) is 4.96. The van der Waals surface area contributed by atoms with E-state index in [0.29, 0.717) is 22.7 Å². The molecule has 0 aliphatic rings. The van der Waals surface area contributed by atoms with Crippen LogP contribution in [0.4, 0.5) is 11.6 Å². The molecule has 0 saturated carbocycles. The molecule has 4 N–H and O–H groups in total. The van der Waals surface area contributed by atoms with Gasteiger partial charge in [0.25, 0.3) is 0 Å². The van der Waals surface area contributed by atoms with Crippen LogP contribution in [0.5, 0.6) is 0 Å². The van der Waals surface area contributed by atoms with Crippen molar-refractivity contribution in [3.8, 4) is 11.4 Å². The lowest BCUT2D eigenvalue weighted by atomic mass is 10.1. The number of nitrogens with zero attached hydrogens (tertiary/aromatic N) is 5. The van der Waals surface area contributed by atoms with E-state index in [4.69, 9.17) is 10.7 Å². The molecule has 4 rings (SSSR count). The number of fused-ring (bicyclic) bond motifs is 1. The maximum absolute atomic E-state index is 11.9. The van der Waals surface area contributed by atoms with E-state index in [1.807, 2.05) is 49.7 Å². The van der Waals surface area contributed by atoms with Gasteiger partial charge in [-0.2, -0.15) is 4.98 Å². The molecule has 0 unspecified atom stereocenters. The number of nitrogen functional groups attached to an aromatic ring is 1. The van der Waals surface area contributed by atoms with Crippen molar-refractivity contribution < 1.29 is 0 Å². The number of imidazole rings is 1. The summed E-state index contributed by atoms with van der Waals surface area (Å²) < 4.78 is 1.91. The van der Waals surface area contributed by atoms with Crippen LogP contribution in [0.2, 0.25) is 0 Å². The molecule has 34 heavy (non-hydrogen) atoms. The zero-order valence-corrected chi connectivity index (χ0v) is 20.7. The van der Waals surface area contributed by atoms with Crippen molar-refractivity contribution in [3.05, 3.63) is 59.5 Å². The van der Waals surface area contributed by atoms with Gasteiger partial charge in [0.2, 0.25) is 0 Å². The third-order valence-corrected chi connectivity index (χ3v) is 4.96. The zero-order chi connectivity index (χ0) is 24.9. The molecule has 0 aliphatic carbocycles. The monoisotopic (exact) mass is 464 g/mol. The summed E-state index contributed by atoms with van der Waals surface area (Å²) in [5, 5.41) is 3.44. The molecule has 4 heterocycles. The number of hydrogen-bond acceptors (Lipinski definition) is 7. The summed E-state index contributed by atoms with van der Waals surface area (Å²) >= 11 is 0.